The monoisotopic (exact) mass is 474 g/mol. The molecule has 0 radical (unpaired) electrons. The largest absolute Gasteiger partial charge is 0.326 e. The van der Waals surface area contributed by atoms with Crippen molar-refractivity contribution in [2.24, 2.45) is 5.92 Å². The van der Waals surface area contributed by atoms with Crippen molar-refractivity contribution >= 4 is 22.0 Å². The number of nitrogens with zero attached hydrogens (tertiary/aromatic N) is 3. The third kappa shape index (κ3) is 3.67. The molecule has 4 rings (SSSR count). The molecule has 0 unspecified atom stereocenters. The molecule has 1 aliphatic carbocycles. The Labute approximate surface area is 184 Å². The molecule has 0 bridgehead atoms. The standard InChI is InChI=1S/C20H25F3N4O4S/c1-13-4-2-3-7-20(13)18(28)27(19(29)24-20)12-25-8-10-26(11-9-25)32(30,31)15-6-5-14(21)16(22)17(15)23/h5-6,13H,2-4,7-12H2,1H3,(H,24,29)/t13-,20+/m0/s1. The molecule has 1 aromatic rings. The van der Waals surface area contributed by atoms with Crippen molar-refractivity contribution in [1.82, 2.24) is 19.4 Å². The molecule has 2 atom stereocenters. The molecule has 3 fully saturated rings. The van der Waals surface area contributed by atoms with Gasteiger partial charge in [0.15, 0.2) is 17.5 Å². The van der Waals surface area contributed by atoms with E-state index < -0.39 is 43.9 Å². The number of halogens is 3. The fourth-order valence-corrected chi connectivity index (χ4v) is 6.26. The Balaban J connectivity index is 1.42. The van der Waals surface area contributed by atoms with E-state index >= 15 is 0 Å². The maximum absolute atomic E-state index is 14.0. The molecule has 2 heterocycles. The van der Waals surface area contributed by atoms with Gasteiger partial charge < -0.3 is 5.32 Å². The van der Waals surface area contributed by atoms with Crippen LogP contribution in [0.25, 0.3) is 0 Å². The molecule has 1 aromatic carbocycles. The molecule has 3 amide bonds. The predicted molar refractivity (Wildman–Crippen MR) is 107 cm³/mol. The van der Waals surface area contributed by atoms with Crippen molar-refractivity contribution in [3.63, 3.8) is 0 Å². The average Bonchev–Trinajstić information content (AvgIpc) is 2.99. The first-order chi connectivity index (χ1) is 15.1. The highest BCUT2D eigenvalue weighted by Gasteiger charge is 2.55. The molecule has 1 spiro atoms. The number of carbonyl (C=O) groups excluding carboxylic acids is 2. The van der Waals surface area contributed by atoms with E-state index in [0.717, 1.165) is 23.6 Å². The fourth-order valence-electron chi connectivity index (χ4n) is 4.78. The molecule has 2 aliphatic heterocycles. The van der Waals surface area contributed by atoms with Gasteiger partial charge in [-0.25, -0.2) is 31.3 Å². The van der Waals surface area contributed by atoms with Crippen molar-refractivity contribution in [1.29, 1.82) is 0 Å². The Bertz CT molecular complexity index is 1050. The number of rotatable bonds is 4. The van der Waals surface area contributed by atoms with Crippen LogP contribution in [0.15, 0.2) is 17.0 Å². The summed E-state index contributed by atoms with van der Waals surface area (Å²) in [5, 5.41) is 2.88. The SMILES string of the molecule is C[C@H]1CCCC[C@@]12NC(=O)N(CN1CCN(S(=O)(=O)c3ccc(F)c(F)c3F)CC1)C2=O. The Morgan fingerprint density at radius 3 is 2.41 bits per heavy atom. The summed E-state index contributed by atoms with van der Waals surface area (Å²) in [6.07, 6.45) is 3.33. The second-order valence-electron chi connectivity index (χ2n) is 8.62. The lowest BCUT2D eigenvalue weighted by Crippen LogP contribution is -2.55. The topological polar surface area (TPSA) is 90.0 Å². The second kappa shape index (κ2) is 8.31. The maximum Gasteiger partial charge on any atom is 0.326 e. The lowest BCUT2D eigenvalue weighted by Gasteiger charge is -2.38. The summed E-state index contributed by atoms with van der Waals surface area (Å²) < 4.78 is 67.1. The van der Waals surface area contributed by atoms with Crippen LogP contribution < -0.4 is 5.32 Å². The molecular weight excluding hydrogens is 449 g/mol. The van der Waals surface area contributed by atoms with E-state index in [1.54, 1.807) is 4.90 Å². The van der Waals surface area contributed by atoms with Crippen LogP contribution >= 0.6 is 0 Å². The van der Waals surface area contributed by atoms with Crippen molar-refractivity contribution < 1.29 is 31.2 Å². The fraction of sp³-hybridized carbons (Fsp3) is 0.600. The Morgan fingerprint density at radius 1 is 1.06 bits per heavy atom. The molecular formula is C20H25F3N4O4S. The summed E-state index contributed by atoms with van der Waals surface area (Å²) in [6, 6.07) is 0.817. The summed E-state index contributed by atoms with van der Waals surface area (Å²) in [5.41, 5.74) is -0.870. The molecule has 0 aromatic heterocycles. The molecule has 1 saturated carbocycles. The van der Waals surface area contributed by atoms with Gasteiger partial charge in [-0.1, -0.05) is 19.8 Å². The highest BCUT2D eigenvalue weighted by Crippen LogP contribution is 2.38. The molecule has 8 nitrogen and oxygen atoms in total. The van der Waals surface area contributed by atoms with E-state index in [1.165, 1.54) is 4.90 Å². The summed E-state index contributed by atoms with van der Waals surface area (Å²) in [6.45, 7) is 2.25. The van der Waals surface area contributed by atoms with Crippen LogP contribution in [0.5, 0.6) is 0 Å². The van der Waals surface area contributed by atoms with Crippen LogP contribution in [0.4, 0.5) is 18.0 Å². The van der Waals surface area contributed by atoms with Crippen molar-refractivity contribution in [3.05, 3.63) is 29.6 Å². The van der Waals surface area contributed by atoms with E-state index in [1.807, 2.05) is 6.92 Å². The summed E-state index contributed by atoms with van der Waals surface area (Å²) >= 11 is 0. The third-order valence-electron chi connectivity index (χ3n) is 6.79. The number of benzene rings is 1. The van der Waals surface area contributed by atoms with Gasteiger partial charge in [-0.2, -0.15) is 4.31 Å². The molecule has 2 saturated heterocycles. The number of amides is 3. The minimum Gasteiger partial charge on any atom is -0.323 e. The van der Waals surface area contributed by atoms with Gasteiger partial charge in [0.2, 0.25) is 10.0 Å². The predicted octanol–water partition coefficient (Wildman–Crippen LogP) is 1.87. The van der Waals surface area contributed by atoms with Crippen molar-refractivity contribution in [3.8, 4) is 0 Å². The van der Waals surface area contributed by atoms with Crippen LogP contribution in [-0.2, 0) is 14.8 Å². The average molecular weight is 475 g/mol. The Morgan fingerprint density at radius 2 is 1.75 bits per heavy atom. The van der Waals surface area contributed by atoms with Gasteiger partial charge in [-0.05, 0) is 30.9 Å². The van der Waals surface area contributed by atoms with Crippen molar-refractivity contribution in [2.45, 2.75) is 43.0 Å². The summed E-state index contributed by atoms with van der Waals surface area (Å²) in [5.74, 6) is -5.28. The van der Waals surface area contributed by atoms with Crippen molar-refractivity contribution in [2.75, 3.05) is 32.8 Å². The van der Waals surface area contributed by atoms with Crippen LogP contribution in [0, 0.1) is 23.4 Å². The zero-order chi connectivity index (χ0) is 23.3. The molecule has 12 heteroatoms. The van der Waals surface area contributed by atoms with Gasteiger partial charge in [0, 0.05) is 26.2 Å². The maximum atomic E-state index is 14.0. The van der Waals surface area contributed by atoms with Crippen LogP contribution in [0.2, 0.25) is 0 Å². The minimum absolute atomic E-state index is 0.0204. The molecule has 176 valence electrons. The molecule has 3 aliphatic rings. The first kappa shape index (κ1) is 23.0. The van der Waals surface area contributed by atoms with Gasteiger partial charge >= 0.3 is 6.03 Å². The highest BCUT2D eigenvalue weighted by molar-refractivity contribution is 7.89. The Hall–Kier alpha value is -2.18. The molecule has 1 N–H and O–H groups in total. The van der Waals surface area contributed by atoms with E-state index in [9.17, 15) is 31.2 Å². The van der Waals surface area contributed by atoms with Crippen LogP contribution in [-0.4, -0.2) is 72.8 Å². The summed E-state index contributed by atoms with van der Waals surface area (Å²) in [4.78, 5) is 27.6. The Kier molecular flexibility index (Phi) is 5.97. The number of carbonyl (C=O) groups is 2. The molecule has 32 heavy (non-hydrogen) atoms. The number of hydrogen-bond acceptors (Lipinski definition) is 5. The first-order valence-electron chi connectivity index (χ1n) is 10.6. The minimum atomic E-state index is -4.37. The smallest absolute Gasteiger partial charge is 0.323 e. The zero-order valence-corrected chi connectivity index (χ0v) is 18.4. The number of urea groups is 1. The van der Waals surface area contributed by atoms with Gasteiger partial charge in [0.25, 0.3) is 5.91 Å². The highest BCUT2D eigenvalue weighted by atomic mass is 32.2. The number of imide groups is 1. The van der Waals surface area contributed by atoms with Crippen LogP contribution in [0.1, 0.15) is 32.6 Å². The van der Waals surface area contributed by atoms with Gasteiger partial charge in [0.05, 0.1) is 6.67 Å². The normalized spacial score (nSPS) is 27.9. The zero-order valence-electron chi connectivity index (χ0n) is 17.6. The second-order valence-corrected chi connectivity index (χ2v) is 10.5. The van der Waals surface area contributed by atoms with Gasteiger partial charge in [-0.3, -0.25) is 9.69 Å². The number of piperazine rings is 1. The lowest BCUT2D eigenvalue weighted by molar-refractivity contribution is -0.135. The third-order valence-corrected chi connectivity index (χ3v) is 8.71. The van der Waals surface area contributed by atoms with Gasteiger partial charge in [-0.15, -0.1) is 0 Å². The first-order valence-corrected chi connectivity index (χ1v) is 12.0. The summed E-state index contributed by atoms with van der Waals surface area (Å²) in [7, 11) is -4.37. The van der Waals surface area contributed by atoms with E-state index in [0.29, 0.717) is 18.6 Å². The van der Waals surface area contributed by atoms with E-state index in [4.69, 9.17) is 0 Å². The lowest BCUT2D eigenvalue weighted by atomic mass is 9.73. The van der Waals surface area contributed by atoms with Crippen LogP contribution in [0.3, 0.4) is 0 Å². The van der Waals surface area contributed by atoms with Gasteiger partial charge in [0.1, 0.15) is 10.4 Å². The quantitative estimate of drug-likeness (QED) is 0.532. The van der Waals surface area contributed by atoms with E-state index in [2.05, 4.69) is 5.32 Å². The number of nitrogens with one attached hydrogen (secondary N) is 1. The van der Waals surface area contributed by atoms with E-state index in [-0.39, 0.29) is 44.7 Å². The number of hydrogen-bond donors (Lipinski definition) is 1. The number of sulfonamides is 1.